The summed E-state index contributed by atoms with van der Waals surface area (Å²) >= 11 is 0. The Bertz CT molecular complexity index is 263. The molecule has 1 aliphatic heterocycles. The molecule has 66 valence electrons. The van der Waals surface area contributed by atoms with Crippen LogP contribution in [0.15, 0.2) is 11.6 Å². The monoisotopic (exact) mass is 166 g/mol. The molecule has 1 aliphatic carbocycles. The van der Waals surface area contributed by atoms with Gasteiger partial charge in [-0.15, -0.1) is 0 Å². The lowest BCUT2D eigenvalue weighted by Crippen LogP contribution is -2.19. The van der Waals surface area contributed by atoms with Crippen LogP contribution in [-0.4, -0.2) is 18.0 Å². The fraction of sp³-hybridized carbons (Fsp3) is 0.700. The lowest BCUT2D eigenvalue weighted by Gasteiger charge is -2.18. The molecule has 12 heavy (non-hydrogen) atoms. The number of allylic oxidation sites excluding steroid dienone is 1. The molecule has 2 rings (SSSR count). The Kier molecular flexibility index (Phi) is 1.46. The van der Waals surface area contributed by atoms with Gasteiger partial charge >= 0.3 is 0 Å². The van der Waals surface area contributed by atoms with Crippen LogP contribution >= 0.6 is 0 Å². The number of hydrogen-bond acceptors (Lipinski definition) is 2. The molecule has 0 radical (unpaired) electrons. The highest BCUT2D eigenvalue weighted by atomic mass is 16.5. The number of rotatable bonds is 0. The van der Waals surface area contributed by atoms with Crippen molar-refractivity contribution in [3.05, 3.63) is 11.6 Å². The number of ketones is 1. The standard InChI is InChI=1S/C10H14O2/c1-6-7-5-12-10(2,3)8(7)4-9(6)11/h4,6-7H,5H2,1-3H3/t6-,7-/m1/s1. The molecule has 0 saturated carbocycles. The molecular weight excluding hydrogens is 152 g/mol. The van der Waals surface area contributed by atoms with Gasteiger partial charge in [-0.05, 0) is 25.5 Å². The van der Waals surface area contributed by atoms with E-state index in [1.54, 1.807) is 6.08 Å². The van der Waals surface area contributed by atoms with Crippen LogP contribution in [0.1, 0.15) is 20.8 Å². The maximum absolute atomic E-state index is 11.3. The van der Waals surface area contributed by atoms with Gasteiger partial charge in [0.1, 0.15) is 0 Å². The molecule has 0 bridgehead atoms. The lowest BCUT2D eigenvalue weighted by atomic mass is 9.88. The van der Waals surface area contributed by atoms with Gasteiger partial charge in [0, 0.05) is 11.8 Å². The van der Waals surface area contributed by atoms with Crippen molar-refractivity contribution in [2.75, 3.05) is 6.61 Å². The van der Waals surface area contributed by atoms with Crippen LogP contribution in [0.5, 0.6) is 0 Å². The molecule has 1 heterocycles. The fourth-order valence-electron chi connectivity index (χ4n) is 2.10. The Hall–Kier alpha value is -0.630. The van der Waals surface area contributed by atoms with Crippen molar-refractivity contribution < 1.29 is 9.53 Å². The zero-order valence-electron chi connectivity index (χ0n) is 7.76. The Morgan fingerprint density at radius 3 is 2.83 bits per heavy atom. The summed E-state index contributed by atoms with van der Waals surface area (Å²) in [7, 11) is 0. The van der Waals surface area contributed by atoms with E-state index < -0.39 is 0 Å². The summed E-state index contributed by atoms with van der Waals surface area (Å²) in [5, 5.41) is 0. The van der Waals surface area contributed by atoms with E-state index in [0.29, 0.717) is 12.5 Å². The summed E-state index contributed by atoms with van der Waals surface area (Å²) in [6.07, 6.45) is 1.78. The molecule has 0 amide bonds. The Morgan fingerprint density at radius 2 is 2.25 bits per heavy atom. The highest BCUT2D eigenvalue weighted by molar-refractivity contribution is 5.96. The quantitative estimate of drug-likeness (QED) is 0.546. The number of hydrogen-bond donors (Lipinski definition) is 0. The minimum absolute atomic E-state index is 0.141. The molecule has 0 aromatic rings. The molecular formula is C10H14O2. The van der Waals surface area contributed by atoms with Gasteiger partial charge in [-0.1, -0.05) is 6.92 Å². The molecule has 1 saturated heterocycles. The van der Waals surface area contributed by atoms with Crippen LogP contribution in [-0.2, 0) is 9.53 Å². The number of carbonyl (C=O) groups excluding carboxylic acids is 1. The Balaban J connectivity index is 2.38. The third-order valence-electron chi connectivity index (χ3n) is 3.07. The van der Waals surface area contributed by atoms with Crippen LogP contribution in [0, 0.1) is 11.8 Å². The Morgan fingerprint density at radius 1 is 1.58 bits per heavy atom. The summed E-state index contributed by atoms with van der Waals surface area (Å²) < 4.78 is 5.61. The number of carbonyl (C=O) groups is 1. The van der Waals surface area contributed by atoms with Crippen LogP contribution in [0.25, 0.3) is 0 Å². The highest BCUT2D eigenvalue weighted by Crippen LogP contribution is 2.43. The van der Waals surface area contributed by atoms with Crippen molar-refractivity contribution >= 4 is 5.78 Å². The van der Waals surface area contributed by atoms with E-state index >= 15 is 0 Å². The van der Waals surface area contributed by atoms with E-state index in [2.05, 4.69) is 0 Å². The Labute approximate surface area is 72.6 Å². The molecule has 0 aromatic carbocycles. The minimum atomic E-state index is -0.203. The molecule has 0 unspecified atom stereocenters. The average molecular weight is 166 g/mol. The second-order valence-electron chi connectivity index (χ2n) is 4.22. The van der Waals surface area contributed by atoms with Gasteiger partial charge in [0.15, 0.2) is 5.78 Å². The lowest BCUT2D eigenvalue weighted by molar-refractivity contribution is -0.118. The van der Waals surface area contributed by atoms with Gasteiger partial charge in [0.2, 0.25) is 0 Å². The second-order valence-corrected chi connectivity index (χ2v) is 4.22. The van der Waals surface area contributed by atoms with E-state index in [-0.39, 0.29) is 17.3 Å². The summed E-state index contributed by atoms with van der Waals surface area (Å²) in [4.78, 5) is 11.3. The first-order valence-electron chi connectivity index (χ1n) is 4.42. The van der Waals surface area contributed by atoms with E-state index in [9.17, 15) is 4.79 Å². The van der Waals surface area contributed by atoms with Gasteiger partial charge in [-0.25, -0.2) is 0 Å². The third-order valence-corrected chi connectivity index (χ3v) is 3.07. The first-order valence-corrected chi connectivity index (χ1v) is 4.42. The van der Waals surface area contributed by atoms with Crippen molar-refractivity contribution in [1.82, 2.24) is 0 Å². The van der Waals surface area contributed by atoms with E-state index in [1.807, 2.05) is 20.8 Å². The molecule has 0 spiro atoms. The smallest absolute Gasteiger partial charge is 0.159 e. The van der Waals surface area contributed by atoms with Crippen molar-refractivity contribution in [3.8, 4) is 0 Å². The minimum Gasteiger partial charge on any atom is -0.371 e. The predicted molar refractivity (Wildman–Crippen MR) is 45.8 cm³/mol. The van der Waals surface area contributed by atoms with Crippen LogP contribution < -0.4 is 0 Å². The van der Waals surface area contributed by atoms with E-state index in [4.69, 9.17) is 4.74 Å². The van der Waals surface area contributed by atoms with Crippen molar-refractivity contribution in [1.29, 1.82) is 0 Å². The summed E-state index contributed by atoms with van der Waals surface area (Å²) in [5.74, 6) is 0.764. The normalized spacial score (nSPS) is 38.2. The highest BCUT2D eigenvalue weighted by Gasteiger charge is 2.45. The van der Waals surface area contributed by atoms with Gasteiger partial charge < -0.3 is 4.74 Å². The van der Waals surface area contributed by atoms with Crippen LogP contribution in [0.2, 0.25) is 0 Å². The van der Waals surface area contributed by atoms with Gasteiger partial charge in [-0.3, -0.25) is 4.79 Å². The molecule has 2 atom stereocenters. The number of fused-ring (bicyclic) bond motifs is 1. The SMILES string of the molecule is C[C@H]1C(=O)C=C2[C@@H]1COC2(C)C. The van der Waals surface area contributed by atoms with Gasteiger partial charge in [-0.2, -0.15) is 0 Å². The second kappa shape index (κ2) is 2.19. The average Bonchev–Trinajstić information content (AvgIpc) is 2.40. The maximum Gasteiger partial charge on any atom is 0.159 e. The summed E-state index contributed by atoms with van der Waals surface area (Å²) in [6.45, 7) is 6.77. The van der Waals surface area contributed by atoms with Crippen LogP contribution in [0.3, 0.4) is 0 Å². The summed E-state index contributed by atoms with van der Waals surface area (Å²) in [5.41, 5.74) is 0.991. The largest absolute Gasteiger partial charge is 0.371 e. The van der Waals surface area contributed by atoms with Crippen molar-refractivity contribution in [2.24, 2.45) is 11.8 Å². The van der Waals surface area contributed by atoms with Crippen molar-refractivity contribution in [3.63, 3.8) is 0 Å². The van der Waals surface area contributed by atoms with Crippen molar-refractivity contribution in [2.45, 2.75) is 26.4 Å². The topological polar surface area (TPSA) is 26.3 Å². The van der Waals surface area contributed by atoms with E-state index in [1.165, 1.54) is 5.57 Å². The zero-order valence-corrected chi connectivity index (χ0v) is 7.76. The molecule has 2 aliphatic rings. The third kappa shape index (κ3) is 0.876. The maximum atomic E-state index is 11.3. The predicted octanol–water partition coefficient (Wildman–Crippen LogP) is 1.56. The molecule has 2 heteroatoms. The molecule has 1 fully saturated rings. The van der Waals surface area contributed by atoms with E-state index in [0.717, 1.165) is 0 Å². The first kappa shape index (κ1) is 7.99. The molecule has 0 N–H and O–H groups in total. The number of ether oxygens (including phenoxy) is 1. The molecule has 2 nitrogen and oxygen atoms in total. The summed E-state index contributed by atoms with van der Waals surface area (Å²) in [6, 6.07) is 0. The van der Waals surface area contributed by atoms with Crippen LogP contribution in [0.4, 0.5) is 0 Å². The van der Waals surface area contributed by atoms with Gasteiger partial charge in [0.05, 0.1) is 12.2 Å². The molecule has 0 aromatic heterocycles. The van der Waals surface area contributed by atoms with Gasteiger partial charge in [0.25, 0.3) is 0 Å². The zero-order chi connectivity index (χ0) is 8.93. The fourth-order valence-corrected chi connectivity index (χ4v) is 2.10. The first-order chi connectivity index (χ1) is 5.52.